The van der Waals surface area contributed by atoms with E-state index < -0.39 is 0 Å². The molecule has 0 heterocycles. The van der Waals surface area contributed by atoms with E-state index in [-0.39, 0.29) is 0 Å². The van der Waals surface area contributed by atoms with E-state index in [0.717, 1.165) is 12.8 Å². The van der Waals surface area contributed by atoms with Crippen LogP contribution in [0.2, 0.25) is 0 Å². The second-order valence-corrected chi connectivity index (χ2v) is 3.07. The molecule has 0 rings (SSSR count). The first-order valence-corrected chi connectivity index (χ1v) is 4.08. The smallest absolute Gasteiger partial charge is 0.0285 e. The largest absolute Gasteiger partial charge is 0.0991 e. The summed E-state index contributed by atoms with van der Waals surface area (Å²) in [6.07, 6.45) is 8.48. The van der Waals surface area contributed by atoms with Crippen LogP contribution in [0.3, 0.4) is 0 Å². The number of rotatable bonds is 4. The van der Waals surface area contributed by atoms with Crippen LogP contribution < -0.4 is 0 Å². The Bertz CT molecular complexity index is 166. The minimum Gasteiger partial charge on any atom is -0.0991 e. The minimum absolute atomic E-state index is 1.15. The van der Waals surface area contributed by atoms with Gasteiger partial charge in [0.2, 0.25) is 0 Å². The molecular formula is C11H18. The van der Waals surface area contributed by atoms with Crippen molar-refractivity contribution in [2.45, 2.75) is 33.6 Å². The summed E-state index contributed by atoms with van der Waals surface area (Å²) in [4.78, 5) is 0. The van der Waals surface area contributed by atoms with Crippen molar-refractivity contribution in [3.8, 4) is 0 Å². The average Bonchev–Trinajstić information content (AvgIpc) is 1.87. The van der Waals surface area contributed by atoms with Crippen molar-refractivity contribution >= 4 is 0 Å². The van der Waals surface area contributed by atoms with Gasteiger partial charge in [-0.3, -0.25) is 0 Å². The van der Waals surface area contributed by atoms with Crippen LogP contribution in [-0.2, 0) is 0 Å². The summed E-state index contributed by atoms with van der Waals surface area (Å²) in [5, 5.41) is 0. The molecule has 0 nitrogen and oxygen atoms in total. The maximum Gasteiger partial charge on any atom is -0.0285 e. The topological polar surface area (TPSA) is 0 Å². The third-order valence-corrected chi connectivity index (χ3v) is 1.49. The molecule has 0 fully saturated rings. The van der Waals surface area contributed by atoms with E-state index in [1.54, 1.807) is 0 Å². The van der Waals surface area contributed by atoms with Gasteiger partial charge in [-0.1, -0.05) is 36.0 Å². The van der Waals surface area contributed by atoms with Gasteiger partial charge >= 0.3 is 0 Å². The summed E-state index contributed by atoms with van der Waals surface area (Å²) in [6.45, 7) is 10.1. The molecule has 0 atom stereocenters. The molecule has 0 radical (unpaired) electrons. The summed E-state index contributed by atoms with van der Waals surface area (Å²) in [5.41, 5.74) is 2.80. The lowest BCUT2D eigenvalue weighted by molar-refractivity contribution is 0.967. The molecule has 0 aromatic rings. The second-order valence-electron chi connectivity index (χ2n) is 3.07. The van der Waals surface area contributed by atoms with E-state index in [9.17, 15) is 0 Å². The fourth-order valence-corrected chi connectivity index (χ4v) is 0.873. The van der Waals surface area contributed by atoms with Gasteiger partial charge in [0.15, 0.2) is 0 Å². The van der Waals surface area contributed by atoms with Crippen molar-refractivity contribution in [2.24, 2.45) is 0 Å². The van der Waals surface area contributed by atoms with Crippen LogP contribution in [0.4, 0.5) is 0 Å². The first-order valence-electron chi connectivity index (χ1n) is 4.08. The Kier molecular flexibility index (Phi) is 5.54. The summed E-state index contributed by atoms with van der Waals surface area (Å²) >= 11 is 0. The Morgan fingerprint density at radius 3 is 2.36 bits per heavy atom. The summed E-state index contributed by atoms with van der Waals surface area (Å²) < 4.78 is 0. The van der Waals surface area contributed by atoms with E-state index in [4.69, 9.17) is 0 Å². The van der Waals surface area contributed by atoms with E-state index in [0.29, 0.717) is 0 Å². The third kappa shape index (κ3) is 7.11. The predicted octanol–water partition coefficient (Wildman–Crippen LogP) is 3.87. The van der Waals surface area contributed by atoms with Crippen LogP contribution in [0.15, 0.2) is 36.0 Å². The zero-order valence-corrected chi connectivity index (χ0v) is 7.85. The van der Waals surface area contributed by atoms with E-state index >= 15 is 0 Å². The van der Waals surface area contributed by atoms with Crippen molar-refractivity contribution in [3.05, 3.63) is 36.0 Å². The highest BCUT2D eigenvalue weighted by Gasteiger charge is 1.85. The Balaban J connectivity index is 3.63. The molecule has 0 amide bonds. The highest BCUT2D eigenvalue weighted by molar-refractivity contribution is 5.08. The molecule has 11 heavy (non-hydrogen) atoms. The fraction of sp³-hybridized carbons (Fsp3) is 0.455. The molecule has 0 N–H and O–H groups in total. The molecule has 0 unspecified atom stereocenters. The highest BCUT2D eigenvalue weighted by Crippen LogP contribution is 2.05. The maximum atomic E-state index is 3.65. The zero-order chi connectivity index (χ0) is 8.69. The SMILES string of the molecule is C=C/C=C(/C)CCC=C(C)C. The standard InChI is InChI=1S/C11H18/c1-5-7-11(4)9-6-8-10(2)3/h5,7-8H,1,6,9H2,2-4H3/b11-7-. The summed E-state index contributed by atoms with van der Waals surface area (Å²) in [5.74, 6) is 0. The number of allylic oxidation sites excluding steroid dienone is 5. The highest BCUT2D eigenvalue weighted by atomic mass is 13.9. The van der Waals surface area contributed by atoms with Crippen LogP contribution in [0.1, 0.15) is 33.6 Å². The van der Waals surface area contributed by atoms with E-state index in [2.05, 4.69) is 39.5 Å². The van der Waals surface area contributed by atoms with Gasteiger partial charge in [0.1, 0.15) is 0 Å². The first kappa shape index (κ1) is 10.2. The normalized spacial score (nSPS) is 11.0. The van der Waals surface area contributed by atoms with E-state index in [1.807, 2.05) is 6.08 Å². The molecule has 0 aliphatic carbocycles. The van der Waals surface area contributed by atoms with Crippen LogP contribution in [0.5, 0.6) is 0 Å². The van der Waals surface area contributed by atoms with Crippen LogP contribution >= 0.6 is 0 Å². The third-order valence-electron chi connectivity index (χ3n) is 1.49. The quantitative estimate of drug-likeness (QED) is 0.421. The Morgan fingerprint density at radius 2 is 1.91 bits per heavy atom. The van der Waals surface area contributed by atoms with Gasteiger partial charge < -0.3 is 0 Å². The first-order chi connectivity index (χ1) is 5.16. The zero-order valence-electron chi connectivity index (χ0n) is 7.85. The molecule has 0 bridgehead atoms. The van der Waals surface area contributed by atoms with Gasteiger partial charge in [0.05, 0.1) is 0 Å². The molecule has 0 aliphatic rings. The Morgan fingerprint density at radius 1 is 1.27 bits per heavy atom. The molecule has 62 valence electrons. The van der Waals surface area contributed by atoms with Gasteiger partial charge in [0, 0.05) is 0 Å². The molecule has 0 saturated carbocycles. The molecule has 0 heteroatoms. The Labute approximate surface area is 70.3 Å². The number of hydrogen-bond acceptors (Lipinski definition) is 0. The summed E-state index contributed by atoms with van der Waals surface area (Å²) in [6, 6.07) is 0. The Hall–Kier alpha value is -0.780. The van der Waals surface area contributed by atoms with Crippen molar-refractivity contribution in [1.29, 1.82) is 0 Å². The van der Waals surface area contributed by atoms with Gasteiger partial charge in [0.25, 0.3) is 0 Å². The van der Waals surface area contributed by atoms with Gasteiger partial charge in [-0.25, -0.2) is 0 Å². The minimum atomic E-state index is 1.15. The molecule has 0 aromatic carbocycles. The average molecular weight is 150 g/mol. The molecule has 0 aromatic heterocycles. The van der Waals surface area contributed by atoms with Crippen molar-refractivity contribution in [1.82, 2.24) is 0 Å². The van der Waals surface area contributed by atoms with Gasteiger partial charge in [-0.2, -0.15) is 0 Å². The lowest BCUT2D eigenvalue weighted by Crippen LogP contribution is -1.75. The molecular weight excluding hydrogens is 132 g/mol. The molecule has 0 spiro atoms. The lowest BCUT2D eigenvalue weighted by Gasteiger charge is -1.95. The number of hydrogen-bond donors (Lipinski definition) is 0. The van der Waals surface area contributed by atoms with Crippen LogP contribution in [-0.4, -0.2) is 0 Å². The summed E-state index contributed by atoms with van der Waals surface area (Å²) in [7, 11) is 0. The van der Waals surface area contributed by atoms with Crippen molar-refractivity contribution in [3.63, 3.8) is 0 Å². The van der Waals surface area contributed by atoms with Crippen LogP contribution in [0, 0.1) is 0 Å². The van der Waals surface area contributed by atoms with Crippen molar-refractivity contribution in [2.75, 3.05) is 0 Å². The fourth-order valence-electron chi connectivity index (χ4n) is 0.873. The van der Waals surface area contributed by atoms with Gasteiger partial charge in [-0.05, 0) is 33.6 Å². The second kappa shape index (κ2) is 5.96. The van der Waals surface area contributed by atoms with Crippen molar-refractivity contribution < 1.29 is 0 Å². The maximum absolute atomic E-state index is 3.65. The van der Waals surface area contributed by atoms with Crippen LogP contribution in [0.25, 0.3) is 0 Å². The molecule has 0 saturated heterocycles. The molecule has 0 aliphatic heterocycles. The monoisotopic (exact) mass is 150 g/mol. The predicted molar refractivity (Wildman–Crippen MR) is 52.6 cm³/mol. The lowest BCUT2D eigenvalue weighted by atomic mass is 10.1. The van der Waals surface area contributed by atoms with E-state index in [1.165, 1.54) is 11.1 Å². The van der Waals surface area contributed by atoms with Gasteiger partial charge in [-0.15, -0.1) is 0 Å².